The Kier molecular flexibility index (Phi) is 5.74. The van der Waals surface area contributed by atoms with Gasteiger partial charge in [0.1, 0.15) is 5.58 Å². The van der Waals surface area contributed by atoms with Crippen LogP contribution in [0.25, 0.3) is 88.9 Å². The number of hydrogen-bond donors (Lipinski definition) is 0. The standard InChI is InChI=1S/C40H24N4O/c1-2-10-27(11-3-1)37-42-38(32-17-15-26-9-5-7-13-29(26)23-32)44-39(43-37)34-20-21-41-40-36(34)33-19-18-31(24-35(33)45-40)30-16-14-25-8-4-6-12-28(25)22-30/h1-24H. The van der Waals surface area contributed by atoms with Crippen molar-refractivity contribution in [2.45, 2.75) is 0 Å². The lowest BCUT2D eigenvalue weighted by molar-refractivity contribution is 0.654. The van der Waals surface area contributed by atoms with E-state index < -0.39 is 0 Å². The maximum Gasteiger partial charge on any atom is 0.228 e. The van der Waals surface area contributed by atoms with Gasteiger partial charge in [-0.25, -0.2) is 19.9 Å². The van der Waals surface area contributed by atoms with Crippen LogP contribution in [0.15, 0.2) is 150 Å². The average Bonchev–Trinajstić information content (AvgIpc) is 3.49. The smallest absolute Gasteiger partial charge is 0.228 e. The number of benzene rings is 6. The zero-order chi connectivity index (χ0) is 29.7. The second-order valence-electron chi connectivity index (χ2n) is 11.1. The molecule has 0 N–H and O–H groups in total. The van der Waals surface area contributed by atoms with Crippen molar-refractivity contribution in [2.24, 2.45) is 0 Å². The average molecular weight is 577 g/mol. The lowest BCUT2D eigenvalue weighted by Crippen LogP contribution is -2.00. The Morgan fingerprint density at radius 1 is 0.422 bits per heavy atom. The molecule has 0 spiro atoms. The molecule has 0 bridgehead atoms. The first kappa shape index (κ1) is 25.3. The van der Waals surface area contributed by atoms with Gasteiger partial charge in [-0.05, 0) is 63.0 Å². The summed E-state index contributed by atoms with van der Waals surface area (Å²) in [7, 11) is 0. The predicted molar refractivity (Wildman–Crippen MR) is 182 cm³/mol. The Hall–Kier alpha value is -6.20. The maximum absolute atomic E-state index is 6.36. The van der Waals surface area contributed by atoms with Crippen molar-refractivity contribution in [1.29, 1.82) is 0 Å². The van der Waals surface area contributed by atoms with E-state index >= 15 is 0 Å². The highest BCUT2D eigenvalue weighted by Gasteiger charge is 2.19. The maximum atomic E-state index is 6.36. The molecule has 6 aromatic carbocycles. The number of rotatable bonds is 4. The number of pyridine rings is 1. The summed E-state index contributed by atoms with van der Waals surface area (Å²) >= 11 is 0. The first-order valence-electron chi connectivity index (χ1n) is 14.9. The van der Waals surface area contributed by atoms with Crippen LogP contribution >= 0.6 is 0 Å². The summed E-state index contributed by atoms with van der Waals surface area (Å²) < 4.78 is 6.36. The van der Waals surface area contributed by atoms with Crippen LogP contribution in [0.3, 0.4) is 0 Å². The minimum absolute atomic E-state index is 0.548. The topological polar surface area (TPSA) is 64.7 Å². The first-order chi connectivity index (χ1) is 22.3. The van der Waals surface area contributed by atoms with Crippen LogP contribution in [0.5, 0.6) is 0 Å². The van der Waals surface area contributed by atoms with E-state index in [4.69, 9.17) is 19.4 Å². The van der Waals surface area contributed by atoms with E-state index in [1.54, 1.807) is 6.20 Å². The van der Waals surface area contributed by atoms with Gasteiger partial charge in [-0.3, -0.25) is 0 Å². The molecule has 0 saturated heterocycles. The molecule has 0 aliphatic heterocycles. The molecule has 0 fully saturated rings. The summed E-state index contributed by atoms with van der Waals surface area (Å²) in [5.41, 5.74) is 6.23. The quantitative estimate of drug-likeness (QED) is 0.209. The molecule has 3 aromatic heterocycles. The normalized spacial score (nSPS) is 11.6. The number of furan rings is 1. The zero-order valence-electron chi connectivity index (χ0n) is 24.1. The van der Waals surface area contributed by atoms with Crippen LogP contribution in [0.1, 0.15) is 0 Å². The number of hydrogen-bond acceptors (Lipinski definition) is 5. The van der Waals surface area contributed by atoms with Crippen LogP contribution in [0.2, 0.25) is 0 Å². The van der Waals surface area contributed by atoms with Crippen molar-refractivity contribution < 1.29 is 4.42 Å². The second kappa shape index (κ2) is 10.2. The lowest BCUT2D eigenvalue weighted by atomic mass is 9.99. The fourth-order valence-corrected chi connectivity index (χ4v) is 6.10. The third kappa shape index (κ3) is 4.41. The highest BCUT2D eigenvalue weighted by Crippen LogP contribution is 2.37. The van der Waals surface area contributed by atoms with E-state index in [9.17, 15) is 0 Å². The van der Waals surface area contributed by atoms with E-state index in [2.05, 4.69) is 96.0 Å². The van der Waals surface area contributed by atoms with Crippen molar-refractivity contribution in [3.8, 4) is 45.3 Å². The third-order valence-electron chi connectivity index (χ3n) is 8.37. The number of aromatic nitrogens is 4. The Balaban J connectivity index is 1.23. The highest BCUT2D eigenvalue weighted by atomic mass is 16.3. The summed E-state index contributed by atoms with van der Waals surface area (Å²) in [5, 5.41) is 6.57. The van der Waals surface area contributed by atoms with Crippen molar-refractivity contribution in [3.63, 3.8) is 0 Å². The van der Waals surface area contributed by atoms with Crippen molar-refractivity contribution in [3.05, 3.63) is 146 Å². The van der Waals surface area contributed by atoms with Gasteiger partial charge in [0.2, 0.25) is 5.71 Å². The van der Waals surface area contributed by atoms with E-state index in [1.807, 2.05) is 48.5 Å². The van der Waals surface area contributed by atoms with Gasteiger partial charge in [0.25, 0.3) is 0 Å². The van der Waals surface area contributed by atoms with Crippen molar-refractivity contribution in [2.75, 3.05) is 0 Å². The molecule has 3 heterocycles. The largest absolute Gasteiger partial charge is 0.438 e. The molecule has 9 aromatic rings. The van der Waals surface area contributed by atoms with Crippen molar-refractivity contribution >= 4 is 43.6 Å². The minimum atomic E-state index is 0.548. The Morgan fingerprint density at radius 3 is 1.76 bits per heavy atom. The molecule has 45 heavy (non-hydrogen) atoms. The minimum Gasteiger partial charge on any atom is -0.438 e. The van der Waals surface area contributed by atoms with Gasteiger partial charge in [-0.15, -0.1) is 0 Å². The monoisotopic (exact) mass is 576 g/mol. The fraction of sp³-hybridized carbons (Fsp3) is 0. The highest BCUT2D eigenvalue weighted by molar-refractivity contribution is 6.11. The van der Waals surface area contributed by atoms with Gasteiger partial charge in [-0.1, -0.05) is 109 Å². The summed E-state index contributed by atoms with van der Waals surface area (Å²) in [6, 6.07) is 47.9. The SMILES string of the molecule is c1ccc(-c2nc(-c3ccc4ccccc4c3)nc(-c3ccnc4oc5cc(-c6ccc7ccccc7c6)ccc5c34)n2)cc1. The molecular formula is C40H24N4O. The molecule has 0 saturated carbocycles. The molecule has 0 unspecified atom stereocenters. The molecule has 0 radical (unpaired) electrons. The van der Waals surface area contributed by atoms with E-state index in [0.717, 1.165) is 49.6 Å². The van der Waals surface area contributed by atoms with E-state index in [-0.39, 0.29) is 0 Å². The molecule has 0 aliphatic carbocycles. The van der Waals surface area contributed by atoms with Gasteiger partial charge in [0, 0.05) is 28.3 Å². The van der Waals surface area contributed by atoms with Crippen LogP contribution in [-0.4, -0.2) is 19.9 Å². The van der Waals surface area contributed by atoms with Gasteiger partial charge in [0.05, 0.1) is 5.39 Å². The Morgan fingerprint density at radius 2 is 1.00 bits per heavy atom. The molecule has 9 rings (SSSR count). The molecule has 210 valence electrons. The van der Waals surface area contributed by atoms with Gasteiger partial charge in [-0.2, -0.15) is 0 Å². The van der Waals surface area contributed by atoms with Gasteiger partial charge >= 0.3 is 0 Å². The van der Waals surface area contributed by atoms with Crippen LogP contribution in [0, 0.1) is 0 Å². The molecule has 0 aliphatic rings. The van der Waals surface area contributed by atoms with Crippen LogP contribution < -0.4 is 0 Å². The van der Waals surface area contributed by atoms with Crippen molar-refractivity contribution in [1.82, 2.24) is 19.9 Å². The summed E-state index contributed by atoms with van der Waals surface area (Å²) in [6.07, 6.45) is 1.76. The fourth-order valence-electron chi connectivity index (χ4n) is 6.10. The first-order valence-corrected chi connectivity index (χ1v) is 14.9. The molecule has 0 atom stereocenters. The number of fused-ring (bicyclic) bond motifs is 5. The van der Waals surface area contributed by atoms with Crippen LogP contribution in [-0.2, 0) is 0 Å². The Bertz CT molecular complexity index is 2550. The van der Waals surface area contributed by atoms with Crippen LogP contribution in [0.4, 0.5) is 0 Å². The van der Waals surface area contributed by atoms with E-state index in [0.29, 0.717) is 23.2 Å². The molecule has 5 heteroatoms. The third-order valence-corrected chi connectivity index (χ3v) is 8.37. The molecule has 5 nitrogen and oxygen atoms in total. The summed E-state index contributed by atoms with van der Waals surface area (Å²) in [5.74, 6) is 1.79. The van der Waals surface area contributed by atoms with Gasteiger partial charge < -0.3 is 4.42 Å². The second-order valence-corrected chi connectivity index (χ2v) is 11.1. The van der Waals surface area contributed by atoms with Gasteiger partial charge in [0.15, 0.2) is 17.5 Å². The molecular weight excluding hydrogens is 552 g/mol. The summed E-state index contributed by atoms with van der Waals surface area (Å²) in [6.45, 7) is 0. The Labute approximate surface area is 258 Å². The zero-order valence-corrected chi connectivity index (χ0v) is 24.1. The predicted octanol–water partition coefficient (Wildman–Crippen LogP) is 10.1. The van der Waals surface area contributed by atoms with E-state index in [1.165, 1.54) is 16.2 Å². The molecule has 0 amide bonds. The lowest BCUT2D eigenvalue weighted by Gasteiger charge is -2.09. The summed E-state index contributed by atoms with van der Waals surface area (Å²) in [4.78, 5) is 19.6. The number of nitrogens with zero attached hydrogens (tertiary/aromatic N) is 4.